The number of halogens is 1. The number of methoxy groups -OCH3 is 2. The smallest absolute Gasteiger partial charge is 0.336 e. The molecule has 0 aromatic heterocycles. The normalized spacial score (nSPS) is 15.8. The van der Waals surface area contributed by atoms with Crippen molar-refractivity contribution in [2.75, 3.05) is 25.9 Å². The Morgan fingerprint density at radius 3 is 2.34 bits per heavy atom. The number of rotatable bonds is 8. The highest BCUT2D eigenvalue weighted by Crippen LogP contribution is 2.40. The maximum Gasteiger partial charge on any atom is 0.336 e. The van der Waals surface area contributed by atoms with E-state index in [-0.39, 0.29) is 0 Å². The van der Waals surface area contributed by atoms with E-state index in [9.17, 15) is 9.59 Å². The van der Waals surface area contributed by atoms with Gasteiger partial charge in [-0.2, -0.15) is 0 Å². The Hall–Kier alpha value is -2.90. The van der Waals surface area contributed by atoms with Crippen molar-refractivity contribution in [3.63, 3.8) is 0 Å². The molecule has 0 saturated heterocycles. The van der Waals surface area contributed by atoms with Gasteiger partial charge >= 0.3 is 11.9 Å². The Bertz CT molecular complexity index is 1050. The molecule has 0 spiro atoms. The van der Waals surface area contributed by atoms with Crippen LogP contribution < -0.4 is 10.1 Å². The molecule has 32 heavy (non-hydrogen) atoms. The Labute approximate surface area is 196 Å². The molecule has 1 atom stereocenters. The summed E-state index contributed by atoms with van der Waals surface area (Å²) in [4.78, 5) is 25.6. The molecule has 0 amide bonds. The van der Waals surface area contributed by atoms with Crippen LogP contribution in [0.15, 0.2) is 77.1 Å². The first kappa shape index (κ1) is 23.8. The van der Waals surface area contributed by atoms with Crippen LogP contribution in [-0.2, 0) is 19.1 Å². The lowest BCUT2D eigenvalue weighted by atomic mass is 9.80. The van der Waals surface area contributed by atoms with E-state index in [1.165, 1.54) is 26.0 Å². The van der Waals surface area contributed by atoms with Crippen molar-refractivity contribution in [3.05, 3.63) is 87.7 Å². The minimum atomic E-state index is -0.680. The Kier molecular flexibility index (Phi) is 8.25. The van der Waals surface area contributed by atoms with E-state index < -0.39 is 17.9 Å². The molecule has 1 aliphatic heterocycles. The number of thioether (sulfide) groups is 1. The Morgan fingerprint density at radius 2 is 1.69 bits per heavy atom. The van der Waals surface area contributed by atoms with Crippen LogP contribution in [0.1, 0.15) is 18.4 Å². The van der Waals surface area contributed by atoms with Gasteiger partial charge in [-0.25, -0.2) is 9.59 Å². The molecule has 2 aromatic carbocycles. The molecule has 2 aromatic rings. The standard InChI is InChI=1S/C24H24ClNO5S/c1-15-20(23(27)29-2)21(16-8-7-9-17(25)12-16)22(24(28)30-3)19(26-15)13-32-14-31-18-10-5-4-6-11-18/h4-12,21,26H,13-14H2,1-3H3. The van der Waals surface area contributed by atoms with E-state index in [0.717, 1.165) is 5.75 Å². The molecule has 3 rings (SSSR count). The van der Waals surface area contributed by atoms with Gasteiger partial charge < -0.3 is 19.5 Å². The van der Waals surface area contributed by atoms with Gasteiger partial charge in [-0.1, -0.05) is 41.9 Å². The van der Waals surface area contributed by atoms with Gasteiger partial charge in [0.25, 0.3) is 0 Å². The van der Waals surface area contributed by atoms with Gasteiger partial charge in [0, 0.05) is 22.2 Å². The van der Waals surface area contributed by atoms with Crippen LogP contribution >= 0.6 is 23.4 Å². The van der Waals surface area contributed by atoms with E-state index in [0.29, 0.717) is 44.8 Å². The quantitative estimate of drug-likeness (QED) is 0.339. The van der Waals surface area contributed by atoms with Crippen LogP contribution in [0.2, 0.25) is 5.02 Å². The summed E-state index contributed by atoms with van der Waals surface area (Å²) >= 11 is 7.71. The van der Waals surface area contributed by atoms with Crippen LogP contribution in [-0.4, -0.2) is 37.8 Å². The monoisotopic (exact) mass is 473 g/mol. The lowest BCUT2D eigenvalue weighted by molar-refractivity contribution is -0.137. The summed E-state index contributed by atoms with van der Waals surface area (Å²) in [6.45, 7) is 1.78. The second-order valence-electron chi connectivity index (χ2n) is 6.95. The van der Waals surface area contributed by atoms with Crippen molar-refractivity contribution in [1.82, 2.24) is 5.32 Å². The highest BCUT2D eigenvalue weighted by Gasteiger charge is 2.38. The van der Waals surface area contributed by atoms with Crippen LogP contribution in [0.5, 0.6) is 5.75 Å². The SMILES string of the molecule is COC(=O)C1=C(C)NC(CSCOc2ccccc2)=C(C(=O)OC)C1c1cccc(Cl)c1. The average Bonchev–Trinajstić information content (AvgIpc) is 2.81. The van der Waals surface area contributed by atoms with E-state index in [1.807, 2.05) is 36.4 Å². The average molecular weight is 474 g/mol. The van der Waals surface area contributed by atoms with Gasteiger partial charge in [0.2, 0.25) is 0 Å². The summed E-state index contributed by atoms with van der Waals surface area (Å²) in [7, 11) is 2.63. The summed E-state index contributed by atoms with van der Waals surface area (Å²) in [6, 6.07) is 16.6. The van der Waals surface area contributed by atoms with E-state index in [2.05, 4.69) is 5.32 Å². The Balaban J connectivity index is 1.95. The third-order valence-electron chi connectivity index (χ3n) is 4.94. The van der Waals surface area contributed by atoms with Gasteiger partial charge in [0.15, 0.2) is 0 Å². The number of allylic oxidation sites excluding steroid dienone is 1. The zero-order valence-corrected chi connectivity index (χ0v) is 19.6. The molecule has 1 N–H and O–H groups in total. The molecule has 168 valence electrons. The van der Waals surface area contributed by atoms with Gasteiger partial charge in [0.05, 0.1) is 31.3 Å². The molecule has 1 aliphatic rings. The Morgan fingerprint density at radius 1 is 1.00 bits per heavy atom. The van der Waals surface area contributed by atoms with Crippen LogP contribution in [0.3, 0.4) is 0 Å². The topological polar surface area (TPSA) is 73.9 Å². The summed E-state index contributed by atoms with van der Waals surface area (Å²) in [5.74, 6) is -0.144. The molecule has 1 unspecified atom stereocenters. The first-order chi connectivity index (χ1) is 15.5. The maximum atomic E-state index is 12.9. The number of hydrogen-bond donors (Lipinski definition) is 1. The largest absolute Gasteiger partial charge is 0.483 e. The van der Waals surface area contributed by atoms with Gasteiger partial charge in [-0.15, -0.1) is 11.8 Å². The minimum Gasteiger partial charge on any atom is -0.483 e. The van der Waals surface area contributed by atoms with Crippen molar-refractivity contribution in [3.8, 4) is 5.75 Å². The summed E-state index contributed by atoms with van der Waals surface area (Å²) < 4.78 is 15.8. The van der Waals surface area contributed by atoms with Gasteiger partial charge in [-0.3, -0.25) is 0 Å². The number of hydrogen-bond acceptors (Lipinski definition) is 7. The molecule has 0 aliphatic carbocycles. The predicted molar refractivity (Wildman–Crippen MR) is 125 cm³/mol. The fraction of sp³-hybridized carbons (Fsp3) is 0.250. The second-order valence-corrected chi connectivity index (χ2v) is 8.32. The highest BCUT2D eigenvalue weighted by atomic mass is 35.5. The number of para-hydroxylation sites is 1. The van der Waals surface area contributed by atoms with Gasteiger partial charge in [0.1, 0.15) is 11.7 Å². The molecular formula is C24H24ClNO5S. The number of nitrogens with one attached hydrogen (secondary N) is 1. The second kappa shape index (κ2) is 11.1. The summed E-state index contributed by atoms with van der Waals surface area (Å²) in [5, 5.41) is 3.71. The number of dihydropyridines is 1. The zero-order chi connectivity index (χ0) is 23.1. The number of carbonyl (C=O) groups is 2. The van der Waals surface area contributed by atoms with Crippen LogP contribution in [0.25, 0.3) is 0 Å². The third kappa shape index (κ3) is 5.47. The lowest BCUT2D eigenvalue weighted by Crippen LogP contribution is -2.33. The third-order valence-corrected chi connectivity index (χ3v) is 5.95. The van der Waals surface area contributed by atoms with E-state index in [4.69, 9.17) is 25.8 Å². The number of esters is 2. The molecule has 6 nitrogen and oxygen atoms in total. The number of benzene rings is 2. The van der Waals surface area contributed by atoms with Crippen molar-refractivity contribution in [2.24, 2.45) is 0 Å². The number of ether oxygens (including phenoxy) is 3. The zero-order valence-electron chi connectivity index (χ0n) is 18.0. The molecular weight excluding hydrogens is 450 g/mol. The lowest BCUT2D eigenvalue weighted by Gasteiger charge is -2.31. The maximum absolute atomic E-state index is 12.9. The van der Waals surface area contributed by atoms with Crippen LogP contribution in [0, 0.1) is 0 Å². The summed E-state index contributed by atoms with van der Waals surface area (Å²) in [5.41, 5.74) is 2.63. The predicted octanol–water partition coefficient (Wildman–Crippen LogP) is 4.67. The molecule has 8 heteroatoms. The molecule has 0 saturated carbocycles. The fourth-order valence-electron chi connectivity index (χ4n) is 3.53. The fourth-order valence-corrected chi connectivity index (χ4v) is 4.46. The molecule has 0 bridgehead atoms. The highest BCUT2D eigenvalue weighted by molar-refractivity contribution is 7.99. The van der Waals surface area contributed by atoms with Crippen molar-refractivity contribution in [2.45, 2.75) is 12.8 Å². The van der Waals surface area contributed by atoms with Crippen molar-refractivity contribution in [1.29, 1.82) is 0 Å². The van der Waals surface area contributed by atoms with E-state index in [1.54, 1.807) is 25.1 Å². The molecule has 0 radical (unpaired) electrons. The first-order valence-electron chi connectivity index (χ1n) is 9.84. The van der Waals surface area contributed by atoms with Crippen molar-refractivity contribution >= 4 is 35.3 Å². The molecule has 0 fully saturated rings. The van der Waals surface area contributed by atoms with Crippen molar-refractivity contribution < 1.29 is 23.8 Å². The molecule has 1 heterocycles. The van der Waals surface area contributed by atoms with E-state index >= 15 is 0 Å². The minimum absolute atomic E-state index is 0.337. The first-order valence-corrected chi connectivity index (χ1v) is 11.4. The number of carbonyl (C=O) groups excluding carboxylic acids is 2. The summed E-state index contributed by atoms with van der Waals surface area (Å²) in [6.07, 6.45) is 0. The van der Waals surface area contributed by atoms with Crippen LogP contribution in [0.4, 0.5) is 0 Å². The van der Waals surface area contributed by atoms with Gasteiger partial charge in [-0.05, 0) is 36.8 Å².